The van der Waals surface area contributed by atoms with Crippen LogP contribution in [-0.4, -0.2) is 36.1 Å². The predicted molar refractivity (Wildman–Crippen MR) is 108 cm³/mol. The Morgan fingerprint density at radius 1 is 1.35 bits per heavy atom. The van der Waals surface area contributed by atoms with Crippen molar-refractivity contribution in [1.82, 2.24) is 5.32 Å². The lowest BCUT2D eigenvalue weighted by Crippen LogP contribution is -2.19. The topological polar surface area (TPSA) is 80.1 Å². The van der Waals surface area contributed by atoms with Gasteiger partial charge in [-0.15, -0.1) is 16.9 Å². The molecule has 0 radical (unpaired) electrons. The lowest BCUT2D eigenvalue weighted by atomic mass is 10.2. The highest BCUT2D eigenvalue weighted by atomic mass is 32.2. The number of amidine groups is 1. The second-order valence-electron chi connectivity index (χ2n) is 5.33. The number of methoxy groups -OCH3 is 1. The van der Waals surface area contributed by atoms with Gasteiger partial charge in [0, 0.05) is 16.5 Å². The monoisotopic (exact) mass is 391 g/mol. The fraction of sp³-hybridized carbons (Fsp3) is 0.333. The molecule has 0 unspecified atom stereocenters. The molecule has 0 atom stereocenters. The molecule has 1 saturated heterocycles. The summed E-state index contributed by atoms with van der Waals surface area (Å²) in [6.45, 7) is 2.19. The summed E-state index contributed by atoms with van der Waals surface area (Å²) < 4.78 is 4.51. The van der Waals surface area contributed by atoms with E-state index < -0.39 is 5.97 Å². The molecule has 1 amide bonds. The van der Waals surface area contributed by atoms with E-state index in [1.54, 1.807) is 18.0 Å². The first-order chi connectivity index (χ1) is 12.6. The molecule has 2 rings (SSSR count). The predicted octanol–water partition coefficient (Wildman–Crippen LogP) is 3.58. The standard InChI is InChI=1S/C18H21N3O3S2/c1-3-4-7-10-25-14-9-6-5-8-13(14)12-19-21-18-20-17(23)15(26-18)11-16(22)24-2/h5-6,8-9,11-12H,3-4,7,10H2,1-2H3,(H,20,21,23)/b15-11+,19-12?. The molecule has 1 heterocycles. The third kappa shape index (κ3) is 6.34. The summed E-state index contributed by atoms with van der Waals surface area (Å²) in [5.74, 6) is 0.100. The molecule has 0 spiro atoms. The Morgan fingerprint density at radius 3 is 2.92 bits per heavy atom. The summed E-state index contributed by atoms with van der Waals surface area (Å²) in [6.07, 6.45) is 6.43. The van der Waals surface area contributed by atoms with E-state index in [-0.39, 0.29) is 10.8 Å². The smallest absolute Gasteiger partial charge is 0.331 e. The van der Waals surface area contributed by atoms with Crippen LogP contribution in [0.15, 0.2) is 50.3 Å². The second kappa shape index (κ2) is 10.8. The highest BCUT2D eigenvalue weighted by Crippen LogP contribution is 2.24. The fourth-order valence-corrected chi connectivity index (χ4v) is 3.81. The van der Waals surface area contributed by atoms with Gasteiger partial charge >= 0.3 is 5.97 Å². The molecular formula is C18H21N3O3S2. The average molecular weight is 392 g/mol. The zero-order valence-electron chi connectivity index (χ0n) is 14.7. The first-order valence-corrected chi connectivity index (χ1v) is 10.1. The van der Waals surface area contributed by atoms with Crippen molar-refractivity contribution < 1.29 is 14.3 Å². The zero-order chi connectivity index (χ0) is 18.8. The van der Waals surface area contributed by atoms with Gasteiger partial charge in [0.15, 0.2) is 5.17 Å². The van der Waals surface area contributed by atoms with Crippen molar-refractivity contribution in [3.8, 4) is 0 Å². The van der Waals surface area contributed by atoms with E-state index in [4.69, 9.17) is 0 Å². The number of carbonyl (C=O) groups excluding carboxylic acids is 2. The number of amides is 1. The minimum Gasteiger partial charge on any atom is -0.466 e. The molecular weight excluding hydrogens is 370 g/mol. The van der Waals surface area contributed by atoms with Gasteiger partial charge in [-0.1, -0.05) is 38.0 Å². The molecule has 0 aliphatic carbocycles. The Kier molecular flexibility index (Phi) is 8.43. The van der Waals surface area contributed by atoms with Crippen LogP contribution in [0.4, 0.5) is 0 Å². The SMILES string of the molecule is CCCCCSc1ccccc1C=N/N=C1/NC(=O)/C(=C\C(=O)OC)S1. The molecule has 1 aromatic carbocycles. The normalized spacial score (nSPS) is 17.2. The van der Waals surface area contributed by atoms with Crippen LogP contribution in [0.3, 0.4) is 0 Å². The number of carbonyl (C=O) groups is 2. The van der Waals surface area contributed by atoms with Gasteiger partial charge in [0.05, 0.1) is 18.2 Å². The van der Waals surface area contributed by atoms with Crippen LogP contribution in [-0.2, 0) is 14.3 Å². The van der Waals surface area contributed by atoms with Gasteiger partial charge in [-0.2, -0.15) is 5.10 Å². The molecule has 26 heavy (non-hydrogen) atoms. The highest BCUT2D eigenvalue weighted by molar-refractivity contribution is 8.18. The molecule has 1 aliphatic heterocycles. The van der Waals surface area contributed by atoms with Crippen LogP contribution < -0.4 is 5.32 Å². The molecule has 6 nitrogen and oxygen atoms in total. The molecule has 8 heteroatoms. The number of hydrogen-bond donors (Lipinski definition) is 1. The molecule has 0 bridgehead atoms. The zero-order valence-corrected chi connectivity index (χ0v) is 16.4. The summed E-state index contributed by atoms with van der Waals surface area (Å²) in [4.78, 5) is 24.4. The van der Waals surface area contributed by atoms with Crippen molar-refractivity contribution in [2.45, 2.75) is 31.1 Å². The number of esters is 1. The summed E-state index contributed by atoms with van der Waals surface area (Å²) in [6, 6.07) is 8.00. The number of thioether (sulfide) groups is 2. The highest BCUT2D eigenvalue weighted by Gasteiger charge is 2.24. The van der Waals surface area contributed by atoms with Crippen molar-refractivity contribution in [3.05, 3.63) is 40.8 Å². The summed E-state index contributed by atoms with van der Waals surface area (Å²) in [5, 5.41) is 11.0. The van der Waals surface area contributed by atoms with Crippen LogP contribution in [0.2, 0.25) is 0 Å². The Balaban J connectivity index is 2.00. The minimum atomic E-state index is -0.582. The maximum atomic E-state index is 11.8. The number of unbranched alkanes of at least 4 members (excludes halogenated alkanes) is 2. The lowest BCUT2D eigenvalue weighted by Gasteiger charge is -2.04. The maximum absolute atomic E-state index is 11.8. The maximum Gasteiger partial charge on any atom is 0.331 e. The molecule has 0 saturated carbocycles. The molecule has 138 valence electrons. The van der Waals surface area contributed by atoms with E-state index in [9.17, 15) is 9.59 Å². The van der Waals surface area contributed by atoms with Crippen LogP contribution in [0.5, 0.6) is 0 Å². The van der Waals surface area contributed by atoms with Crippen LogP contribution in [0.1, 0.15) is 31.7 Å². The third-order valence-electron chi connectivity index (χ3n) is 3.37. The quantitative estimate of drug-likeness (QED) is 0.183. The lowest BCUT2D eigenvalue weighted by molar-refractivity contribution is -0.135. The van der Waals surface area contributed by atoms with Gasteiger partial charge in [0.2, 0.25) is 0 Å². The van der Waals surface area contributed by atoms with E-state index in [0.29, 0.717) is 5.17 Å². The first kappa shape index (κ1) is 20.3. The van der Waals surface area contributed by atoms with Crippen molar-refractivity contribution in [2.24, 2.45) is 10.2 Å². The van der Waals surface area contributed by atoms with E-state index in [2.05, 4.69) is 33.2 Å². The third-order valence-corrected chi connectivity index (χ3v) is 5.45. The van der Waals surface area contributed by atoms with Crippen molar-refractivity contribution in [1.29, 1.82) is 0 Å². The Hall–Kier alpha value is -2.06. The van der Waals surface area contributed by atoms with Crippen molar-refractivity contribution in [2.75, 3.05) is 12.9 Å². The number of hydrogen-bond acceptors (Lipinski definition) is 7. The van der Waals surface area contributed by atoms with E-state index in [0.717, 1.165) is 34.0 Å². The van der Waals surface area contributed by atoms with Gasteiger partial charge in [-0.05, 0) is 30.0 Å². The summed E-state index contributed by atoms with van der Waals surface area (Å²) in [5.41, 5.74) is 0.984. The van der Waals surface area contributed by atoms with Gasteiger partial charge in [-0.3, -0.25) is 10.1 Å². The van der Waals surface area contributed by atoms with Gasteiger partial charge in [0.1, 0.15) is 0 Å². The van der Waals surface area contributed by atoms with Crippen LogP contribution >= 0.6 is 23.5 Å². The Morgan fingerprint density at radius 2 is 2.15 bits per heavy atom. The van der Waals surface area contributed by atoms with Crippen molar-refractivity contribution in [3.63, 3.8) is 0 Å². The number of benzene rings is 1. The number of nitrogens with one attached hydrogen (secondary N) is 1. The second-order valence-corrected chi connectivity index (χ2v) is 7.50. The Bertz CT molecular complexity index is 745. The minimum absolute atomic E-state index is 0.234. The van der Waals surface area contributed by atoms with E-state index >= 15 is 0 Å². The summed E-state index contributed by atoms with van der Waals surface area (Å²) in [7, 11) is 1.26. The fourth-order valence-electron chi connectivity index (χ4n) is 2.04. The molecule has 1 aromatic rings. The number of nitrogens with zero attached hydrogens (tertiary/aromatic N) is 2. The summed E-state index contributed by atoms with van der Waals surface area (Å²) >= 11 is 2.86. The van der Waals surface area contributed by atoms with E-state index in [1.165, 1.54) is 26.4 Å². The van der Waals surface area contributed by atoms with Gasteiger partial charge < -0.3 is 4.74 Å². The van der Waals surface area contributed by atoms with Crippen molar-refractivity contribution >= 4 is 46.8 Å². The molecule has 1 aliphatic rings. The van der Waals surface area contributed by atoms with Crippen LogP contribution in [0, 0.1) is 0 Å². The number of rotatable bonds is 8. The molecule has 1 N–H and O–H groups in total. The number of ether oxygens (including phenoxy) is 1. The molecule has 1 fully saturated rings. The largest absolute Gasteiger partial charge is 0.466 e. The first-order valence-electron chi connectivity index (χ1n) is 8.25. The van der Waals surface area contributed by atoms with Crippen LogP contribution in [0.25, 0.3) is 0 Å². The Labute approximate surface area is 161 Å². The van der Waals surface area contributed by atoms with Gasteiger partial charge in [-0.25, -0.2) is 4.79 Å². The molecule has 0 aromatic heterocycles. The van der Waals surface area contributed by atoms with E-state index in [1.807, 2.05) is 18.2 Å². The van der Waals surface area contributed by atoms with Gasteiger partial charge in [0.25, 0.3) is 5.91 Å². The average Bonchev–Trinajstić information content (AvgIpc) is 2.99.